The lowest BCUT2D eigenvalue weighted by Crippen LogP contribution is -2.57. The molecule has 0 radical (unpaired) electrons. The van der Waals surface area contributed by atoms with Gasteiger partial charge in [-0.25, -0.2) is 4.98 Å². The van der Waals surface area contributed by atoms with Crippen molar-refractivity contribution in [2.75, 3.05) is 6.54 Å². The number of likely N-dealkylation sites (tertiary alicyclic amines) is 1. The lowest BCUT2D eigenvalue weighted by molar-refractivity contribution is -0.142. The topological polar surface area (TPSA) is 134 Å². The summed E-state index contributed by atoms with van der Waals surface area (Å²) < 4.78 is 2.13. The molecule has 2 N–H and O–H groups in total. The summed E-state index contributed by atoms with van der Waals surface area (Å²) in [7, 11) is 0. The van der Waals surface area contributed by atoms with Gasteiger partial charge in [0.2, 0.25) is 11.8 Å². The second-order valence-corrected chi connectivity index (χ2v) is 19.4. The average molecular weight is 853 g/mol. The van der Waals surface area contributed by atoms with Gasteiger partial charge in [0.25, 0.3) is 5.91 Å². The molecule has 1 saturated heterocycles. The summed E-state index contributed by atoms with van der Waals surface area (Å²) in [6.07, 6.45) is 1.26. The Morgan fingerprint density at radius 1 is 0.869 bits per heavy atom. The number of hydrogen-bond acceptors (Lipinski definition) is 9. The van der Waals surface area contributed by atoms with E-state index in [4.69, 9.17) is 4.99 Å². The van der Waals surface area contributed by atoms with Gasteiger partial charge >= 0.3 is 0 Å². The Kier molecular flexibility index (Phi) is 11.4. The van der Waals surface area contributed by atoms with Crippen molar-refractivity contribution in [2.45, 2.75) is 99.3 Å². The van der Waals surface area contributed by atoms with Crippen LogP contribution in [0.4, 0.5) is 0 Å². The van der Waals surface area contributed by atoms with Gasteiger partial charge < -0.3 is 15.5 Å². The number of aryl methyl sites for hydroxylation is 3. The molecule has 314 valence electrons. The molecule has 1 fully saturated rings. The third kappa shape index (κ3) is 8.08. The van der Waals surface area contributed by atoms with E-state index in [0.717, 1.165) is 66.3 Å². The molecule has 0 aliphatic carbocycles. The lowest BCUT2D eigenvalue weighted by Gasteiger charge is -2.35. The predicted octanol–water partition coefficient (Wildman–Crippen LogP) is 9.28. The third-order valence-electron chi connectivity index (χ3n) is 12.0. The smallest absolute Gasteiger partial charge is 0.251 e. The number of aliphatic imine (C=N–C) groups is 1. The summed E-state index contributed by atoms with van der Waals surface area (Å²) in [6.45, 7) is 18.5. The highest BCUT2D eigenvalue weighted by Gasteiger charge is 2.42. The van der Waals surface area contributed by atoms with Gasteiger partial charge in [-0.15, -0.1) is 32.9 Å². The number of aromatic nitrogens is 4. The molecule has 3 aromatic heterocycles. The summed E-state index contributed by atoms with van der Waals surface area (Å²) in [6, 6.07) is 21.9. The second kappa shape index (κ2) is 16.6. The van der Waals surface area contributed by atoms with E-state index in [-0.39, 0.29) is 29.8 Å². The standard InChI is InChI=1S/C48H52N8O3S2/c1-26-30(5)61-47-39(26)40(50-29(4)43-54-53-31(6)56(43)47)36-15-10-13-34(23-36)35-14-11-16-37(24-35)44(57)52-42(48(7,8)9)46(59)55-22-12-17-38(55)45(58)51-27(2)32-18-20-33(21-19-32)41-28(3)49-25-60-41/h10-11,13-16,18-21,23-25,27,29,38,42H,12,17,22H2,1-9H3,(H,51,58)(H,52,57). The molecule has 5 heterocycles. The van der Waals surface area contributed by atoms with E-state index < -0.39 is 17.5 Å². The van der Waals surface area contributed by atoms with Crippen LogP contribution in [0.25, 0.3) is 26.6 Å². The minimum Gasteiger partial charge on any atom is -0.348 e. The average Bonchev–Trinajstić information content (AvgIpc) is 4.04. The Labute approximate surface area is 365 Å². The van der Waals surface area contributed by atoms with E-state index in [1.54, 1.807) is 33.6 Å². The summed E-state index contributed by atoms with van der Waals surface area (Å²) in [5, 5.41) is 16.2. The second-order valence-electron chi connectivity index (χ2n) is 17.3. The van der Waals surface area contributed by atoms with Crippen molar-refractivity contribution in [3.63, 3.8) is 0 Å². The molecule has 0 bridgehead atoms. The maximum atomic E-state index is 14.4. The Morgan fingerprint density at radius 2 is 1.57 bits per heavy atom. The molecule has 0 spiro atoms. The van der Waals surface area contributed by atoms with Crippen molar-refractivity contribution in [1.82, 2.24) is 35.3 Å². The Balaban J connectivity index is 0.991. The number of nitrogens with one attached hydrogen (secondary N) is 2. The van der Waals surface area contributed by atoms with Gasteiger partial charge in [-0.1, -0.05) is 75.4 Å². The molecule has 4 unspecified atom stereocenters. The van der Waals surface area contributed by atoms with E-state index >= 15 is 0 Å². The first-order valence-electron chi connectivity index (χ1n) is 20.8. The van der Waals surface area contributed by atoms with E-state index in [9.17, 15) is 14.4 Å². The monoisotopic (exact) mass is 852 g/mol. The number of carbonyl (C=O) groups is 3. The Bertz CT molecular complexity index is 2680. The first-order valence-corrected chi connectivity index (χ1v) is 22.5. The summed E-state index contributed by atoms with van der Waals surface area (Å²) >= 11 is 3.33. The van der Waals surface area contributed by atoms with Crippen LogP contribution < -0.4 is 10.6 Å². The van der Waals surface area contributed by atoms with E-state index in [1.165, 1.54) is 10.4 Å². The molecule has 61 heavy (non-hydrogen) atoms. The Morgan fingerprint density at radius 3 is 2.28 bits per heavy atom. The SMILES string of the molecule is Cc1ncsc1-c1ccc(C(C)NC(=O)C2CCCN2C(=O)C(NC(=O)c2cccc(-c3cccc(C4=NC(C)c5nnc(C)n5-c5sc(C)c(C)c54)c3)c2)C(C)(C)C)cc1. The maximum absolute atomic E-state index is 14.4. The van der Waals surface area contributed by atoms with Crippen molar-refractivity contribution < 1.29 is 14.4 Å². The van der Waals surface area contributed by atoms with Gasteiger partial charge in [-0.2, -0.15) is 0 Å². The van der Waals surface area contributed by atoms with E-state index in [0.29, 0.717) is 24.9 Å². The summed E-state index contributed by atoms with van der Waals surface area (Å²) in [4.78, 5) is 55.9. The minimum absolute atomic E-state index is 0.197. The fourth-order valence-electron chi connectivity index (χ4n) is 8.39. The van der Waals surface area contributed by atoms with E-state index in [1.807, 2.05) is 96.4 Å². The zero-order chi connectivity index (χ0) is 43.3. The van der Waals surface area contributed by atoms with Crippen LogP contribution in [0.2, 0.25) is 0 Å². The van der Waals surface area contributed by atoms with Crippen LogP contribution in [0.1, 0.15) is 114 Å². The van der Waals surface area contributed by atoms with Gasteiger partial charge in [0.1, 0.15) is 29.0 Å². The van der Waals surface area contributed by atoms with Gasteiger partial charge in [0.15, 0.2) is 5.82 Å². The van der Waals surface area contributed by atoms with Crippen molar-refractivity contribution >= 4 is 46.1 Å². The largest absolute Gasteiger partial charge is 0.348 e. The minimum atomic E-state index is -0.865. The van der Waals surface area contributed by atoms with Gasteiger partial charge in [0.05, 0.1) is 27.8 Å². The quantitative estimate of drug-likeness (QED) is 0.149. The fourth-order valence-corrected chi connectivity index (χ4v) is 10.4. The number of thiophene rings is 1. The van der Waals surface area contributed by atoms with Crippen LogP contribution in [0, 0.1) is 33.1 Å². The normalized spacial score (nSPS) is 17.2. The molecular formula is C48H52N8O3S2. The highest BCUT2D eigenvalue weighted by Crippen LogP contribution is 2.39. The van der Waals surface area contributed by atoms with Crippen LogP contribution in [0.5, 0.6) is 0 Å². The van der Waals surface area contributed by atoms with Crippen molar-refractivity contribution in [3.8, 4) is 26.6 Å². The number of fused-ring (bicyclic) bond motifs is 3. The number of thiazole rings is 1. The maximum Gasteiger partial charge on any atom is 0.251 e. The number of benzene rings is 3. The van der Waals surface area contributed by atoms with Crippen LogP contribution >= 0.6 is 22.7 Å². The van der Waals surface area contributed by atoms with Gasteiger partial charge in [0, 0.05) is 28.1 Å². The van der Waals surface area contributed by atoms with Crippen LogP contribution in [-0.4, -0.2) is 66.7 Å². The molecule has 13 heteroatoms. The highest BCUT2D eigenvalue weighted by molar-refractivity contribution is 7.15. The van der Waals surface area contributed by atoms with Crippen LogP contribution in [0.15, 0.2) is 83.3 Å². The summed E-state index contributed by atoms with van der Waals surface area (Å²) in [5.41, 5.74) is 10.6. The molecular weight excluding hydrogens is 801 g/mol. The van der Waals surface area contributed by atoms with Gasteiger partial charge in [-0.3, -0.25) is 23.9 Å². The van der Waals surface area contributed by atoms with Crippen molar-refractivity contribution in [2.24, 2.45) is 10.4 Å². The molecule has 8 rings (SSSR count). The molecule has 4 atom stereocenters. The number of rotatable bonds is 9. The van der Waals surface area contributed by atoms with Gasteiger partial charge in [-0.05, 0) is 106 Å². The number of carbonyl (C=O) groups excluding carboxylic acids is 3. The zero-order valence-electron chi connectivity index (χ0n) is 36.2. The molecule has 6 aromatic rings. The van der Waals surface area contributed by atoms with E-state index in [2.05, 4.69) is 68.5 Å². The highest BCUT2D eigenvalue weighted by atomic mass is 32.1. The molecule has 0 saturated carbocycles. The predicted molar refractivity (Wildman–Crippen MR) is 244 cm³/mol. The first kappa shape index (κ1) is 41.9. The molecule has 2 aliphatic rings. The molecule has 11 nitrogen and oxygen atoms in total. The fraction of sp³-hybridized carbons (Fsp3) is 0.354. The number of hydrogen-bond donors (Lipinski definition) is 2. The molecule has 2 aliphatic heterocycles. The number of amides is 3. The third-order valence-corrected chi connectivity index (χ3v) is 14.1. The molecule has 3 amide bonds. The Hall–Kier alpha value is -5.79. The first-order chi connectivity index (χ1) is 29.1. The number of nitrogens with zero attached hydrogens (tertiary/aromatic N) is 6. The lowest BCUT2D eigenvalue weighted by atomic mass is 9.85. The molecule has 3 aromatic carbocycles. The van der Waals surface area contributed by atoms with Crippen LogP contribution in [-0.2, 0) is 9.59 Å². The zero-order valence-corrected chi connectivity index (χ0v) is 37.8. The summed E-state index contributed by atoms with van der Waals surface area (Å²) in [5.74, 6) is 0.833. The van der Waals surface area contributed by atoms with Crippen molar-refractivity contribution in [3.05, 3.63) is 128 Å². The van der Waals surface area contributed by atoms with Crippen LogP contribution in [0.3, 0.4) is 0 Å². The van der Waals surface area contributed by atoms with Crippen molar-refractivity contribution in [1.29, 1.82) is 0 Å².